The zero-order valence-corrected chi connectivity index (χ0v) is 15.3. The van der Waals surface area contributed by atoms with E-state index in [0.29, 0.717) is 40.2 Å². The summed E-state index contributed by atoms with van der Waals surface area (Å²) in [5.74, 6) is -0.310. The first-order valence-electron chi connectivity index (χ1n) is 8.20. The lowest BCUT2D eigenvalue weighted by Gasteiger charge is -2.12. The van der Waals surface area contributed by atoms with Crippen molar-refractivity contribution in [3.8, 4) is 0 Å². The van der Waals surface area contributed by atoms with Crippen LogP contribution in [0.15, 0.2) is 53.5 Å². The topological polar surface area (TPSA) is 60.3 Å². The van der Waals surface area contributed by atoms with Gasteiger partial charge in [0.2, 0.25) is 0 Å². The number of hydrogen-bond donors (Lipinski definition) is 1. The summed E-state index contributed by atoms with van der Waals surface area (Å²) >= 11 is 6.24. The second-order valence-corrected chi connectivity index (χ2v) is 6.34. The van der Waals surface area contributed by atoms with Gasteiger partial charge in [-0.1, -0.05) is 29.8 Å². The molecule has 6 heteroatoms. The van der Waals surface area contributed by atoms with Crippen molar-refractivity contribution in [1.82, 2.24) is 4.57 Å². The van der Waals surface area contributed by atoms with Crippen molar-refractivity contribution in [2.24, 2.45) is 0 Å². The number of halogens is 1. The fraction of sp³-hybridized carbons (Fsp3) is 0.200. The Morgan fingerprint density at radius 3 is 2.69 bits per heavy atom. The van der Waals surface area contributed by atoms with Gasteiger partial charge in [0, 0.05) is 36.3 Å². The number of carbonyl (C=O) groups is 1. The Balaban J connectivity index is 1.98. The molecular formula is C20H19ClN2O3. The Hall–Kier alpha value is -2.63. The smallest absolute Gasteiger partial charge is 0.258 e. The SMILES string of the molecule is COCCn1ccc2c(NC(=O)c3cccc(C)c3Cl)cccc2c1=O. The molecule has 0 aliphatic carbocycles. The van der Waals surface area contributed by atoms with Crippen LogP contribution in [-0.2, 0) is 11.3 Å². The summed E-state index contributed by atoms with van der Waals surface area (Å²) in [6.07, 6.45) is 1.71. The van der Waals surface area contributed by atoms with Crippen LogP contribution in [-0.4, -0.2) is 24.2 Å². The Kier molecular flexibility index (Phi) is 5.40. The van der Waals surface area contributed by atoms with E-state index < -0.39 is 0 Å². The van der Waals surface area contributed by atoms with Crippen molar-refractivity contribution in [3.05, 3.63) is 75.2 Å². The number of nitrogens with one attached hydrogen (secondary N) is 1. The van der Waals surface area contributed by atoms with E-state index in [0.717, 1.165) is 5.56 Å². The number of ether oxygens (including phenoxy) is 1. The number of rotatable bonds is 5. The second kappa shape index (κ2) is 7.72. The van der Waals surface area contributed by atoms with Crippen LogP contribution in [0.25, 0.3) is 10.8 Å². The van der Waals surface area contributed by atoms with E-state index in [4.69, 9.17) is 16.3 Å². The third-order valence-electron chi connectivity index (χ3n) is 4.24. The number of hydrogen-bond acceptors (Lipinski definition) is 3. The van der Waals surface area contributed by atoms with E-state index >= 15 is 0 Å². The fourth-order valence-electron chi connectivity index (χ4n) is 2.81. The summed E-state index contributed by atoms with van der Waals surface area (Å²) in [5, 5.41) is 4.51. The van der Waals surface area contributed by atoms with E-state index in [2.05, 4.69) is 5.32 Å². The first kappa shape index (κ1) is 18.2. The monoisotopic (exact) mass is 370 g/mol. The number of amides is 1. The maximum atomic E-state index is 12.6. The minimum atomic E-state index is -0.310. The molecule has 2 aromatic carbocycles. The maximum Gasteiger partial charge on any atom is 0.258 e. The molecule has 1 heterocycles. The average molecular weight is 371 g/mol. The summed E-state index contributed by atoms with van der Waals surface area (Å²) in [6.45, 7) is 2.77. The Morgan fingerprint density at radius 2 is 1.92 bits per heavy atom. The van der Waals surface area contributed by atoms with Gasteiger partial charge in [0.25, 0.3) is 11.5 Å². The molecule has 0 saturated heterocycles. The molecule has 0 fully saturated rings. The van der Waals surface area contributed by atoms with Crippen LogP contribution in [0.3, 0.4) is 0 Å². The van der Waals surface area contributed by atoms with Crippen LogP contribution in [0.5, 0.6) is 0 Å². The molecule has 134 valence electrons. The molecule has 0 spiro atoms. The molecule has 1 aromatic heterocycles. The number of methoxy groups -OCH3 is 1. The van der Waals surface area contributed by atoms with Crippen LogP contribution in [0.2, 0.25) is 5.02 Å². The molecular weight excluding hydrogens is 352 g/mol. The number of aromatic nitrogens is 1. The van der Waals surface area contributed by atoms with Gasteiger partial charge < -0.3 is 14.6 Å². The van der Waals surface area contributed by atoms with Crippen molar-refractivity contribution in [1.29, 1.82) is 0 Å². The molecule has 0 aliphatic rings. The van der Waals surface area contributed by atoms with Gasteiger partial charge in [-0.15, -0.1) is 0 Å². The molecule has 0 unspecified atom stereocenters. The second-order valence-electron chi connectivity index (χ2n) is 5.96. The third kappa shape index (κ3) is 3.49. The molecule has 0 aliphatic heterocycles. The van der Waals surface area contributed by atoms with E-state index in [-0.39, 0.29) is 11.5 Å². The lowest BCUT2D eigenvalue weighted by atomic mass is 10.1. The highest BCUT2D eigenvalue weighted by molar-refractivity contribution is 6.35. The van der Waals surface area contributed by atoms with E-state index in [1.807, 2.05) is 19.1 Å². The van der Waals surface area contributed by atoms with E-state index in [1.54, 1.807) is 48.2 Å². The third-order valence-corrected chi connectivity index (χ3v) is 4.74. The highest BCUT2D eigenvalue weighted by Crippen LogP contribution is 2.24. The summed E-state index contributed by atoms with van der Waals surface area (Å²) in [4.78, 5) is 25.2. The number of pyridine rings is 1. The summed E-state index contributed by atoms with van der Waals surface area (Å²) in [6, 6.07) is 12.4. The number of anilines is 1. The maximum absolute atomic E-state index is 12.6. The predicted octanol–water partition coefficient (Wildman–Crippen LogP) is 3.86. The zero-order chi connectivity index (χ0) is 18.7. The summed E-state index contributed by atoms with van der Waals surface area (Å²) in [7, 11) is 1.59. The quantitative estimate of drug-likeness (QED) is 0.741. The Bertz CT molecular complexity index is 1030. The lowest BCUT2D eigenvalue weighted by molar-refractivity contribution is 0.102. The van der Waals surface area contributed by atoms with Crippen LogP contribution >= 0.6 is 11.6 Å². The predicted molar refractivity (Wildman–Crippen MR) is 104 cm³/mol. The van der Waals surface area contributed by atoms with Crippen molar-refractivity contribution >= 4 is 34.0 Å². The van der Waals surface area contributed by atoms with E-state index in [9.17, 15) is 9.59 Å². The van der Waals surface area contributed by atoms with Crippen molar-refractivity contribution in [2.45, 2.75) is 13.5 Å². The Morgan fingerprint density at radius 1 is 1.15 bits per heavy atom. The minimum absolute atomic E-state index is 0.121. The average Bonchev–Trinajstić information content (AvgIpc) is 2.64. The number of benzene rings is 2. The van der Waals surface area contributed by atoms with Crippen LogP contribution < -0.4 is 10.9 Å². The van der Waals surface area contributed by atoms with Crippen LogP contribution in [0.1, 0.15) is 15.9 Å². The molecule has 0 bridgehead atoms. The lowest BCUT2D eigenvalue weighted by Crippen LogP contribution is -2.22. The number of fused-ring (bicyclic) bond motifs is 1. The molecule has 0 saturated carbocycles. The molecule has 3 rings (SSSR count). The molecule has 5 nitrogen and oxygen atoms in total. The van der Waals surface area contributed by atoms with Gasteiger partial charge in [-0.05, 0) is 36.8 Å². The molecule has 1 N–H and O–H groups in total. The highest BCUT2D eigenvalue weighted by atomic mass is 35.5. The van der Waals surface area contributed by atoms with Gasteiger partial charge in [0.15, 0.2) is 0 Å². The highest BCUT2D eigenvalue weighted by Gasteiger charge is 2.14. The van der Waals surface area contributed by atoms with Crippen molar-refractivity contribution in [3.63, 3.8) is 0 Å². The van der Waals surface area contributed by atoms with Gasteiger partial charge in [0.1, 0.15) is 0 Å². The normalized spacial score (nSPS) is 10.9. The first-order valence-corrected chi connectivity index (χ1v) is 8.58. The minimum Gasteiger partial charge on any atom is -0.383 e. The standard InChI is InChI=1S/C20H19ClN2O3/c1-13-5-3-7-16(18(13)21)19(24)22-17-8-4-6-15-14(17)9-10-23(20(15)25)11-12-26-2/h3-10H,11-12H2,1-2H3,(H,22,24). The molecule has 1 amide bonds. The van der Waals surface area contributed by atoms with Gasteiger partial charge in [0.05, 0.1) is 17.2 Å². The number of carbonyl (C=O) groups excluding carboxylic acids is 1. The van der Waals surface area contributed by atoms with Crippen molar-refractivity contribution < 1.29 is 9.53 Å². The number of aryl methyl sites for hydroxylation is 1. The van der Waals surface area contributed by atoms with Gasteiger partial charge in [-0.2, -0.15) is 0 Å². The largest absolute Gasteiger partial charge is 0.383 e. The van der Waals surface area contributed by atoms with E-state index in [1.165, 1.54) is 0 Å². The summed E-state index contributed by atoms with van der Waals surface area (Å²) in [5.41, 5.74) is 1.68. The number of nitrogens with zero attached hydrogens (tertiary/aromatic N) is 1. The molecule has 26 heavy (non-hydrogen) atoms. The molecule has 0 atom stereocenters. The fourth-order valence-corrected chi connectivity index (χ4v) is 3.02. The van der Waals surface area contributed by atoms with Crippen LogP contribution in [0, 0.1) is 6.92 Å². The molecule has 3 aromatic rings. The molecule has 0 radical (unpaired) electrons. The van der Waals surface area contributed by atoms with Gasteiger partial charge >= 0.3 is 0 Å². The van der Waals surface area contributed by atoms with Crippen molar-refractivity contribution in [2.75, 3.05) is 19.0 Å². The Labute approximate surface area is 156 Å². The first-order chi connectivity index (χ1) is 12.5. The van der Waals surface area contributed by atoms with Gasteiger partial charge in [-0.3, -0.25) is 9.59 Å². The van der Waals surface area contributed by atoms with Crippen LogP contribution in [0.4, 0.5) is 5.69 Å². The zero-order valence-electron chi connectivity index (χ0n) is 14.6. The summed E-state index contributed by atoms with van der Waals surface area (Å²) < 4.78 is 6.62. The van der Waals surface area contributed by atoms with Gasteiger partial charge in [-0.25, -0.2) is 0 Å².